The summed E-state index contributed by atoms with van der Waals surface area (Å²) in [5.41, 5.74) is 7.03. The zero-order valence-corrected chi connectivity index (χ0v) is 25.5. The molecule has 2 atom stereocenters. The van der Waals surface area contributed by atoms with E-state index in [1.807, 2.05) is 6.07 Å². The molecule has 0 spiro atoms. The van der Waals surface area contributed by atoms with E-state index in [0.717, 1.165) is 43.2 Å². The summed E-state index contributed by atoms with van der Waals surface area (Å²) in [7, 11) is 1.52. The van der Waals surface area contributed by atoms with Gasteiger partial charge in [0.05, 0.1) is 34.5 Å². The molecular weight excluding hydrogens is 601 g/mol. The van der Waals surface area contributed by atoms with Gasteiger partial charge in [0.1, 0.15) is 35.6 Å². The molecule has 0 bridgehead atoms. The molecule has 0 unspecified atom stereocenters. The van der Waals surface area contributed by atoms with Crippen molar-refractivity contribution >= 4 is 35.2 Å². The molecule has 0 radical (unpaired) electrons. The number of nitrogens with two attached hydrogens (primary N) is 1. The van der Waals surface area contributed by atoms with Crippen LogP contribution < -0.4 is 20.5 Å². The summed E-state index contributed by atoms with van der Waals surface area (Å²) in [5.74, 6) is -0.553. The summed E-state index contributed by atoms with van der Waals surface area (Å²) in [6, 6.07) is 11.2. The molecule has 4 aromatic rings. The van der Waals surface area contributed by atoms with E-state index in [1.54, 1.807) is 29.6 Å². The van der Waals surface area contributed by atoms with E-state index < -0.39 is 28.5 Å². The van der Waals surface area contributed by atoms with Crippen LogP contribution in [-0.2, 0) is 20.4 Å². The van der Waals surface area contributed by atoms with Crippen LogP contribution in [-0.4, -0.2) is 53.0 Å². The molecule has 2 fully saturated rings. The average Bonchev–Trinajstić information content (AvgIpc) is 3.98. The van der Waals surface area contributed by atoms with Gasteiger partial charge in [0.15, 0.2) is 0 Å². The van der Waals surface area contributed by atoms with Crippen molar-refractivity contribution in [2.24, 2.45) is 11.7 Å². The maximum Gasteiger partial charge on any atom is 0.251 e. The van der Waals surface area contributed by atoms with Crippen molar-refractivity contribution in [1.29, 1.82) is 0 Å². The maximum atomic E-state index is 14.1. The number of nitrogens with zero attached hydrogens (tertiary/aromatic N) is 3. The monoisotopic (exact) mass is 631 g/mol. The number of amides is 2. The molecule has 4 heterocycles. The molecule has 1 aromatic carbocycles. The lowest BCUT2D eigenvalue weighted by molar-refractivity contribution is -0.123. The first-order valence-corrected chi connectivity index (χ1v) is 15.2. The van der Waals surface area contributed by atoms with Gasteiger partial charge in [-0.1, -0.05) is 11.6 Å². The van der Waals surface area contributed by atoms with E-state index in [2.05, 4.69) is 10.4 Å². The number of fused-ring (bicyclic) bond motifs is 2. The lowest BCUT2D eigenvalue weighted by Crippen LogP contribution is -2.45. The number of aromatic nitrogens is 3. The number of aldehydes is 1. The van der Waals surface area contributed by atoms with Gasteiger partial charge < -0.3 is 25.3 Å². The van der Waals surface area contributed by atoms with Gasteiger partial charge in [-0.05, 0) is 74.9 Å². The number of hydrogen-bond donors (Lipinski definition) is 2. The fourth-order valence-corrected chi connectivity index (χ4v) is 6.36. The highest BCUT2D eigenvalue weighted by Crippen LogP contribution is 2.50. The molecule has 2 saturated carbocycles. The standard InChI is InChI=1S/C33H31ClFN5O5/c1-32(31(36)43)16-45-29-22(32)13-26(38-28(29)18-5-8-24(35)23(34)10-18)33(15-41,20-6-7-20)14-37-30(42)19-9-21-12-25(17-3-4-17)39-40(21)27(11-19)44-2/h5,8-13,15,17,20H,3-4,6-7,14,16H2,1-2H3,(H2,36,43)(H,37,42)/t32-,33+/m0/s1. The van der Waals surface area contributed by atoms with Crippen molar-refractivity contribution in [3.05, 3.63) is 75.8 Å². The third-order valence-corrected chi connectivity index (χ3v) is 9.65. The minimum Gasteiger partial charge on any atom is -0.489 e. The number of methoxy groups -OCH3 is 1. The Kier molecular flexibility index (Phi) is 6.85. The molecule has 45 heavy (non-hydrogen) atoms. The van der Waals surface area contributed by atoms with Crippen LogP contribution in [0, 0.1) is 11.7 Å². The smallest absolute Gasteiger partial charge is 0.251 e. The summed E-state index contributed by atoms with van der Waals surface area (Å²) < 4.78 is 27.3. The summed E-state index contributed by atoms with van der Waals surface area (Å²) >= 11 is 6.12. The summed E-state index contributed by atoms with van der Waals surface area (Å²) in [4.78, 5) is 44.3. The Labute approximate surface area is 263 Å². The van der Waals surface area contributed by atoms with Crippen molar-refractivity contribution in [3.63, 3.8) is 0 Å². The first kappa shape index (κ1) is 29.2. The Bertz CT molecular complexity index is 1900. The van der Waals surface area contributed by atoms with Gasteiger partial charge in [0.2, 0.25) is 11.8 Å². The zero-order valence-electron chi connectivity index (χ0n) is 24.7. The van der Waals surface area contributed by atoms with Crippen LogP contribution in [0.1, 0.15) is 65.8 Å². The number of rotatable bonds is 10. The van der Waals surface area contributed by atoms with Crippen LogP contribution >= 0.6 is 11.6 Å². The first-order chi connectivity index (χ1) is 21.6. The molecule has 1 aliphatic heterocycles. The Balaban J connectivity index is 1.28. The van der Waals surface area contributed by atoms with E-state index in [4.69, 9.17) is 31.8 Å². The molecular formula is C33H31ClFN5O5. The van der Waals surface area contributed by atoms with Crippen molar-refractivity contribution in [3.8, 4) is 22.9 Å². The second kappa shape index (κ2) is 10.5. The van der Waals surface area contributed by atoms with Gasteiger partial charge >= 0.3 is 0 Å². The summed E-state index contributed by atoms with van der Waals surface area (Å²) in [5, 5.41) is 7.50. The summed E-state index contributed by atoms with van der Waals surface area (Å²) in [6.07, 6.45) is 4.49. The predicted octanol–water partition coefficient (Wildman–Crippen LogP) is 4.49. The predicted molar refractivity (Wildman–Crippen MR) is 163 cm³/mol. The van der Waals surface area contributed by atoms with E-state index >= 15 is 0 Å². The topological polar surface area (TPSA) is 138 Å². The Hall–Kier alpha value is -4.51. The molecule has 2 aliphatic carbocycles. The number of nitrogens with one attached hydrogen (secondary N) is 1. The molecule has 3 aromatic heterocycles. The second-order valence-electron chi connectivity index (χ2n) is 12.4. The molecule has 3 aliphatic rings. The molecule has 2 amide bonds. The lowest BCUT2D eigenvalue weighted by atomic mass is 9.76. The van der Waals surface area contributed by atoms with Gasteiger partial charge in [-0.15, -0.1) is 0 Å². The van der Waals surface area contributed by atoms with E-state index in [9.17, 15) is 18.8 Å². The van der Waals surface area contributed by atoms with Gasteiger partial charge in [-0.25, -0.2) is 13.9 Å². The molecule has 7 rings (SSSR count). The highest BCUT2D eigenvalue weighted by Gasteiger charge is 2.51. The van der Waals surface area contributed by atoms with Crippen LogP contribution in [0.5, 0.6) is 11.6 Å². The van der Waals surface area contributed by atoms with Crippen LogP contribution in [0.25, 0.3) is 16.8 Å². The maximum absolute atomic E-state index is 14.1. The van der Waals surface area contributed by atoms with Crippen LogP contribution in [0.4, 0.5) is 4.39 Å². The second-order valence-corrected chi connectivity index (χ2v) is 12.8. The number of hydrogen-bond acceptors (Lipinski definition) is 7. The number of halogens is 2. The summed E-state index contributed by atoms with van der Waals surface area (Å²) in [6.45, 7) is 1.59. The number of primary amides is 1. The molecule has 232 valence electrons. The van der Waals surface area contributed by atoms with E-state index in [1.165, 1.54) is 25.3 Å². The van der Waals surface area contributed by atoms with Crippen LogP contribution in [0.3, 0.4) is 0 Å². The fourth-order valence-electron chi connectivity index (χ4n) is 6.18. The molecule has 10 nitrogen and oxygen atoms in total. The number of ether oxygens (including phenoxy) is 2. The number of pyridine rings is 2. The minimum atomic E-state index is -1.23. The lowest BCUT2D eigenvalue weighted by Gasteiger charge is -2.30. The van der Waals surface area contributed by atoms with Gasteiger partial charge in [0.25, 0.3) is 5.91 Å². The van der Waals surface area contributed by atoms with Crippen molar-refractivity contribution in [2.75, 3.05) is 20.3 Å². The van der Waals surface area contributed by atoms with Gasteiger partial charge in [-0.2, -0.15) is 5.10 Å². The SMILES string of the molecule is COc1cc(C(=O)NC[C@](C=O)(c2cc3c(c(-c4ccc(F)c(Cl)c4)n2)OC[C@]3(C)C(N)=O)C2CC2)cc2cc(C3CC3)nn12. The van der Waals surface area contributed by atoms with Gasteiger partial charge in [-0.3, -0.25) is 9.59 Å². The molecule has 12 heteroatoms. The van der Waals surface area contributed by atoms with Crippen LogP contribution in [0.15, 0.2) is 42.5 Å². The molecule has 3 N–H and O–H groups in total. The third-order valence-electron chi connectivity index (χ3n) is 9.36. The number of carbonyl (C=O) groups is 3. The molecule has 0 saturated heterocycles. The average molecular weight is 632 g/mol. The number of carbonyl (C=O) groups excluding carboxylic acids is 3. The normalized spacial score (nSPS) is 20.3. The van der Waals surface area contributed by atoms with Gasteiger partial charge in [0, 0.05) is 35.2 Å². The quantitative estimate of drug-likeness (QED) is 0.246. The van der Waals surface area contributed by atoms with Crippen molar-refractivity contribution in [2.45, 2.75) is 49.4 Å². The largest absolute Gasteiger partial charge is 0.489 e. The Morgan fingerprint density at radius 3 is 2.64 bits per heavy atom. The zero-order chi connectivity index (χ0) is 31.7. The Morgan fingerprint density at radius 2 is 2.00 bits per heavy atom. The first-order valence-electron chi connectivity index (χ1n) is 14.8. The van der Waals surface area contributed by atoms with Crippen molar-refractivity contribution in [1.82, 2.24) is 19.9 Å². The van der Waals surface area contributed by atoms with Crippen molar-refractivity contribution < 1.29 is 28.2 Å². The fraction of sp³-hybridized carbons (Fsp3) is 0.364. The number of benzene rings is 1. The highest BCUT2D eigenvalue weighted by molar-refractivity contribution is 6.31. The van der Waals surface area contributed by atoms with Crippen LogP contribution in [0.2, 0.25) is 5.02 Å². The Morgan fingerprint density at radius 1 is 1.22 bits per heavy atom. The third kappa shape index (κ3) is 4.80. The van der Waals surface area contributed by atoms with E-state index in [-0.39, 0.29) is 24.1 Å². The highest BCUT2D eigenvalue weighted by atomic mass is 35.5. The minimum absolute atomic E-state index is 0.0274. The van der Waals surface area contributed by atoms with E-state index in [0.29, 0.717) is 45.6 Å².